The lowest BCUT2D eigenvalue weighted by molar-refractivity contribution is 0.403. The molecule has 0 radical (unpaired) electrons. The molecule has 0 unspecified atom stereocenters. The highest BCUT2D eigenvalue weighted by molar-refractivity contribution is 6.04. The highest BCUT2D eigenvalue weighted by Gasteiger charge is 2.10. The van der Waals surface area contributed by atoms with Crippen LogP contribution in [0.25, 0.3) is 22.1 Å². The Kier molecular flexibility index (Phi) is 3.58. The molecule has 25 heavy (non-hydrogen) atoms. The Bertz CT molecular complexity index is 1080. The van der Waals surface area contributed by atoms with Crippen molar-refractivity contribution >= 4 is 28.0 Å². The van der Waals surface area contributed by atoms with Crippen molar-refractivity contribution in [3.8, 4) is 11.5 Å². The van der Waals surface area contributed by atoms with E-state index in [4.69, 9.17) is 0 Å². The Labute approximate surface area is 142 Å². The normalized spacial score (nSPS) is 11.2. The molecule has 0 atom stereocenters. The summed E-state index contributed by atoms with van der Waals surface area (Å²) in [6.45, 7) is 2.43. The number of anilines is 1. The van der Waals surface area contributed by atoms with Crippen molar-refractivity contribution in [2.75, 3.05) is 5.43 Å². The van der Waals surface area contributed by atoms with Crippen LogP contribution < -0.4 is 10.9 Å². The van der Waals surface area contributed by atoms with Crippen LogP contribution in [0.3, 0.4) is 0 Å². The molecule has 2 aromatic heterocycles. The SMILES string of the molecule is Cc1cccc2c1[nH]c1nc(NNCc3ccc(O)c(O)c3)nnc12. The van der Waals surface area contributed by atoms with E-state index in [9.17, 15) is 10.2 Å². The van der Waals surface area contributed by atoms with Gasteiger partial charge in [-0.05, 0) is 30.2 Å². The maximum absolute atomic E-state index is 9.49. The summed E-state index contributed by atoms with van der Waals surface area (Å²) in [7, 11) is 0. The number of aromatic nitrogens is 4. The molecule has 0 bridgehead atoms. The van der Waals surface area contributed by atoms with Crippen LogP contribution in [-0.2, 0) is 6.54 Å². The van der Waals surface area contributed by atoms with Crippen LogP contribution in [0.1, 0.15) is 11.1 Å². The van der Waals surface area contributed by atoms with E-state index < -0.39 is 0 Å². The number of nitrogens with one attached hydrogen (secondary N) is 3. The van der Waals surface area contributed by atoms with Gasteiger partial charge in [0.2, 0.25) is 0 Å². The summed E-state index contributed by atoms with van der Waals surface area (Å²) in [5.41, 5.74) is 10.1. The number of hydrazine groups is 1. The summed E-state index contributed by atoms with van der Waals surface area (Å²) in [6, 6.07) is 10.6. The van der Waals surface area contributed by atoms with Gasteiger partial charge in [0.25, 0.3) is 5.95 Å². The number of para-hydroxylation sites is 1. The lowest BCUT2D eigenvalue weighted by Crippen LogP contribution is -2.22. The van der Waals surface area contributed by atoms with Crippen molar-refractivity contribution in [3.05, 3.63) is 47.5 Å². The van der Waals surface area contributed by atoms with Crippen molar-refractivity contribution < 1.29 is 10.2 Å². The number of aromatic amines is 1. The van der Waals surface area contributed by atoms with E-state index in [-0.39, 0.29) is 11.5 Å². The van der Waals surface area contributed by atoms with Crippen LogP contribution in [0.5, 0.6) is 11.5 Å². The Hall–Kier alpha value is -3.39. The first-order chi connectivity index (χ1) is 12.1. The predicted molar refractivity (Wildman–Crippen MR) is 94.2 cm³/mol. The highest BCUT2D eigenvalue weighted by Crippen LogP contribution is 2.25. The summed E-state index contributed by atoms with van der Waals surface area (Å²) in [6.07, 6.45) is 0. The average molecular weight is 336 g/mol. The molecule has 5 N–H and O–H groups in total. The number of rotatable bonds is 4. The van der Waals surface area contributed by atoms with Gasteiger partial charge in [-0.25, -0.2) is 5.43 Å². The summed E-state index contributed by atoms with van der Waals surface area (Å²) < 4.78 is 0. The van der Waals surface area contributed by atoms with Crippen LogP contribution in [0.4, 0.5) is 5.95 Å². The molecule has 8 heteroatoms. The molecule has 2 heterocycles. The molecule has 0 saturated carbocycles. The number of nitrogens with zero attached hydrogens (tertiary/aromatic N) is 3. The smallest absolute Gasteiger partial charge is 0.259 e. The van der Waals surface area contributed by atoms with Gasteiger partial charge in [-0.1, -0.05) is 24.3 Å². The number of aryl methyl sites for hydroxylation is 1. The van der Waals surface area contributed by atoms with Gasteiger partial charge in [0.1, 0.15) is 5.52 Å². The highest BCUT2D eigenvalue weighted by atomic mass is 16.3. The zero-order chi connectivity index (χ0) is 17.4. The lowest BCUT2D eigenvalue weighted by atomic mass is 10.1. The number of H-pyrrole nitrogens is 1. The number of benzene rings is 2. The summed E-state index contributed by atoms with van der Waals surface area (Å²) >= 11 is 0. The Balaban J connectivity index is 1.52. The van der Waals surface area contributed by atoms with Gasteiger partial charge in [0, 0.05) is 11.9 Å². The molecule has 0 aliphatic heterocycles. The van der Waals surface area contributed by atoms with Crippen LogP contribution in [0.15, 0.2) is 36.4 Å². The van der Waals surface area contributed by atoms with Crippen LogP contribution in [-0.4, -0.2) is 30.4 Å². The van der Waals surface area contributed by atoms with Crippen molar-refractivity contribution in [2.24, 2.45) is 0 Å². The maximum atomic E-state index is 9.49. The fraction of sp³-hybridized carbons (Fsp3) is 0.118. The molecule has 0 aliphatic rings. The third kappa shape index (κ3) is 2.79. The topological polar surface area (TPSA) is 119 Å². The third-order valence-corrected chi connectivity index (χ3v) is 3.99. The maximum Gasteiger partial charge on any atom is 0.259 e. The Morgan fingerprint density at radius 1 is 1.08 bits per heavy atom. The van der Waals surface area contributed by atoms with E-state index >= 15 is 0 Å². The zero-order valence-corrected chi connectivity index (χ0v) is 13.4. The lowest BCUT2D eigenvalue weighted by Gasteiger charge is -2.07. The van der Waals surface area contributed by atoms with E-state index in [1.807, 2.05) is 25.1 Å². The number of phenols is 2. The quantitative estimate of drug-likeness (QED) is 0.287. The van der Waals surface area contributed by atoms with E-state index in [1.54, 1.807) is 6.07 Å². The fourth-order valence-electron chi connectivity index (χ4n) is 2.70. The fourth-order valence-corrected chi connectivity index (χ4v) is 2.70. The minimum atomic E-state index is -0.160. The molecule has 8 nitrogen and oxygen atoms in total. The largest absolute Gasteiger partial charge is 0.504 e. The van der Waals surface area contributed by atoms with Crippen molar-refractivity contribution in [3.63, 3.8) is 0 Å². The molecule has 0 spiro atoms. The van der Waals surface area contributed by atoms with Crippen molar-refractivity contribution in [1.82, 2.24) is 25.6 Å². The second kappa shape index (κ2) is 5.91. The summed E-state index contributed by atoms with van der Waals surface area (Å²) in [4.78, 5) is 7.69. The third-order valence-electron chi connectivity index (χ3n) is 3.99. The molecule has 0 saturated heterocycles. The molecular weight excluding hydrogens is 320 g/mol. The first-order valence-electron chi connectivity index (χ1n) is 7.73. The first-order valence-corrected chi connectivity index (χ1v) is 7.73. The zero-order valence-electron chi connectivity index (χ0n) is 13.4. The van der Waals surface area contributed by atoms with E-state index in [0.29, 0.717) is 18.1 Å². The number of phenolic OH excluding ortho intramolecular Hbond substituents is 2. The van der Waals surface area contributed by atoms with Gasteiger partial charge in [-0.2, -0.15) is 4.98 Å². The van der Waals surface area contributed by atoms with Crippen LogP contribution in [0.2, 0.25) is 0 Å². The standard InChI is InChI=1S/C17H16N6O2/c1-9-3-2-4-11-14(9)19-16-15(11)21-23-17(20-16)22-18-8-10-5-6-12(24)13(25)7-10/h2-7,18,24-25H,8H2,1H3,(H2,19,20,22,23). The Morgan fingerprint density at radius 2 is 1.96 bits per heavy atom. The van der Waals surface area contributed by atoms with Gasteiger partial charge < -0.3 is 15.2 Å². The van der Waals surface area contributed by atoms with Crippen LogP contribution in [0, 0.1) is 6.92 Å². The molecule has 4 rings (SSSR count). The first kappa shape index (κ1) is 15.2. The molecule has 126 valence electrons. The van der Waals surface area contributed by atoms with Gasteiger partial charge in [-0.15, -0.1) is 10.2 Å². The van der Waals surface area contributed by atoms with E-state index in [1.165, 1.54) is 12.1 Å². The van der Waals surface area contributed by atoms with Crippen molar-refractivity contribution in [1.29, 1.82) is 0 Å². The monoisotopic (exact) mass is 336 g/mol. The van der Waals surface area contributed by atoms with Gasteiger partial charge in [-0.3, -0.25) is 5.43 Å². The summed E-state index contributed by atoms with van der Waals surface area (Å²) in [5.74, 6) is 0.0237. The molecule has 0 amide bonds. The Morgan fingerprint density at radius 3 is 2.80 bits per heavy atom. The molecule has 0 fully saturated rings. The number of fused-ring (bicyclic) bond motifs is 3. The number of hydrogen-bond donors (Lipinski definition) is 5. The van der Waals surface area contributed by atoms with Crippen molar-refractivity contribution in [2.45, 2.75) is 13.5 Å². The molecule has 2 aromatic carbocycles. The minimum absolute atomic E-state index is 0.149. The molecule has 4 aromatic rings. The van der Waals surface area contributed by atoms with E-state index in [2.05, 4.69) is 31.0 Å². The minimum Gasteiger partial charge on any atom is -0.504 e. The number of hydrogen-bond acceptors (Lipinski definition) is 7. The molecular formula is C17H16N6O2. The second-order valence-electron chi connectivity index (χ2n) is 5.76. The van der Waals surface area contributed by atoms with Gasteiger partial charge in [0.15, 0.2) is 17.1 Å². The second-order valence-corrected chi connectivity index (χ2v) is 5.76. The number of aromatic hydroxyl groups is 2. The average Bonchev–Trinajstić information content (AvgIpc) is 2.97. The predicted octanol–water partition coefficient (Wildman–Crippen LogP) is 2.34. The summed E-state index contributed by atoms with van der Waals surface area (Å²) in [5, 5.41) is 28.1. The van der Waals surface area contributed by atoms with Gasteiger partial charge >= 0.3 is 0 Å². The van der Waals surface area contributed by atoms with E-state index in [0.717, 1.165) is 27.5 Å². The molecule has 0 aliphatic carbocycles. The van der Waals surface area contributed by atoms with Gasteiger partial charge in [0.05, 0.1) is 5.52 Å². The van der Waals surface area contributed by atoms with Crippen LogP contribution >= 0.6 is 0 Å².